The summed E-state index contributed by atoms with van der Waals surface area (Å²) in [5.74, 6) is 0. The van der Waals surface area contributed by atoms with Crippen LogP contribution in [0.5, 0.6) is 0 Å². The molecule has 19 heavy (non-hydrogen) atoms. The van der Waals surface area contributed by atoms with Crippen LogP contribution in [0.25, 0.3) is 0 Å². The topological polar surface area (TPSA) is 58.4 Å². The monoisotopic (exact) mass is 327 g/mol. The summed E-state index contributed by atoms with van der Waals surface area (Å²) < 4.78 is 0.779. The molecule has 0 radical (unpaired) electrons. The van der Waals surface area contributed by atoms with Gasteiger partial charge in [-0.25, -0.2) is 0 Å². The third kappa shape index (κ3) is 3.45. The first-order valence-electron chi connectivity index (χ1n) is 6.54. The van der Waals surface area contributed by atoms with E-state index in [1.165, 1.54) is 12.8 Å². The fourth-order valence-electron chi connectivity index (χ4n) is 2.44. The van der Waals surface area contributed by atoms with E-state index in [-0.39, 0.29) is 10.6 Å². The summed E-state index contributed by atoms with van der Waals surface area (Å²) in [7, 11) is 0. The molecule has 1 aliphatic rings. The van der Waals surface area contributed by atoms with Crippen molar-refractivity contribution in [2.75, 3.05) is 24.5 Å². The van der Waals surface area contributed by atoms with Crippen LogP contribution in [0.15, 0.2) is 22.7 Å². The van der Waals surface area contributed by atoms with Gasteiger partial charge in [-0.1, -0.05) is 0 Å². The van der Waals surface area contributed by atoms with Crippen LogP contribution in [0.3, 0.4) is 0 Å². The maximum Gasteiger partial charge on any atom is 0.270 e. The molecule has 1 atom stereocenters. The van der Waals surface area contributed by atoms with Gasteiger partial charge in [0.05, 0.1) is 10.6 Å². The highest BCUT2D eigenvalue weighted by Gasteiger charge is 2.19. The number of likely N-dealkylation sites (N-methyl/N-ethyl adjacent to an activating group) is 1. The fourth-order valence-corrected chi connectivity index (χ4v) is 3.06. The SMILES string of the molecule is CCN(CC1CCCN1)c1ccc([N+](=O)[O-])cc1Br. The zero-order chi connectivity index (χ0) is 13.8. The third-order valence-electron chi connectivity index (χ3n) is 3.47. The van der Waals surface area contributed by atoms with E-state index in [2.05, 4.69) is 33.1 Å². The number of hydrogen-bond acceptors (Lipinski definition) is 4. The van der Waals surface area contributed by atoms with Crippen molar-refractivity contribution in [1.82, 2.24) is 5.32 Å². The predicted molar refractivity (Wildman–Crippen MR) is 79.7 cm³/mol. The quantitative estimate of drug-likeness (QED) is 0.667. The number of rotatable bonds is 5. The van der Waals surface area contributed by atoms with Gasteiger partial charge in [0, 0.05) is 35.7 Å². The Morgan fingerprint density at radius 2 is 2.37 bits per heavy atom. The van der Waals surface area contributed by atoms with E-state index in [0.29, 0.717) is 6.04 Å². The normalized spacial score (nSPS) is 18.5. The molecule has 0 aromatic heterocycles. The summed E-state index contributed by atoms with van der Waals surface area (Å²) in [6, 6.07) is 5.47. The van der Waals surface area contributed by atoms with Crippen molar-refractivity contribution in [3.05, 3.63) is 32.8 Å². The summed E-state index contributed by atoms with van der Waals surface area (Å²) in [6.45, 7) is 5.01. The van der Waals surface area contributed by atoms with Crippen LogP contribution in [0.1, 0.15) is 19.8 Å². The molecule has 5 nitrogen and oxygen atoms in total. The van der Waals surface area contributed by atoms with Crippen molar-refractivity contribution in [2.45, 2.75) is 25.8 Å². The molecule has 1 aromatic carbocycles. The lowest BCUT2D eigenvalue weighted by atomic mass is 10.2. The minimum absolute atomic E-state index is 0.116. The molecule has 2 rings (SSSR count). The molecular formula is C13H18BrN3O2. The Kier molecular flexibility index (Phi) is 4.76. The zero-order valence-corrected chi connectivity index (χ0v) is 12.5. The van der Waals surface area contributed by atoms with Gasteiger partial charge >= 0.3 is 0 Å². The van der Waals surface area contributed by atoms with Crippen LogP contribution in [0.4, 0.5) is 11.4 Å². The van der Waals surface area contributed by atoms with E-state index in [0.717, 1.165) is 29.8 Å². The van der Waals surface area contributed by atoms with Crippen molar-refractivity contribution in [1.29, 1.82) is 0 Å². The molecule has 0 spiro atoms. The second kappa shape index (κ2) is 6.34. The fraction of sp³-hybridized carbons (Fsp3) is 0.538. The molecule has 104 valence electrons. The maximum absolute atomic E-state index is 10.7. The smallest absolute Gasteiger partial charge is 0.270 e. The summed E-state index contributed by atoms with van der Waals surface area (Å²) in [5, 5.41) is 14.2. The summed E-state index contributed by atoms with van der Waals surface area (Å²) in [6.07, 6.45) is 2.42. The van der Waals surface area contributed by atoms with E-state index in [9.17, 15) is 10.1 Å². The molecule has 1 fully saturated rings. The van der Waals surface area contributed by atoms with E-state index >= 15 is 0 Å². The number of nitrogens with zero attached hydrogens (tertiary/aromatic N) is 2. The van der Waals surface area contributed by atoms with E-state index in [1.807, 2.05) is 6.07 Å². The van der Waals surface area contributed by atoms with E-state index in [1.54, 1.807) is 12.1 Å². The molecule has 1 heterocycles. The van der Waals surface area contributed by atoms with Crippen molar-refractivity contribution < 1.29 is 4.92 Å². The minimum Gasteiger partial charge on any atom is -0.369 e. The average Bonchev–Trinajstić information content (AvgIpc) is 2.89. The largest absolute Gasteiger partial charge is 0.369 e. The Hall–Kier alpha value is -1.14. The first-order chi connectivity index (χ1) is 9.11. The summed E-state index contributed by atoms with van der Waals surface area (Å²) in [4.78, 5) is 12.6. The third-order valence-corrected chi connectivity index (χ3v) is 4.10. The number of nitrogens with one attached hydrogen (secondary N) is 1. The summed E-state index contributed by atoms with van der Waals surface area (Å²) >= 11 is 3.44. The second-order valence-corrected chi connectivity index (χ2v) is 5.58. The van der Waals surface area contributed by atoms with Gasteiger partial charge in [-0.15, -0.1) is 0 Å². The minimum atomic E-state index is -0.372. The van der Waals surface area contributed by atoms with Crippen LogP contribution in [-0.2, 0) is 0 Å². The Labute approximate surface area is 121 Å². The van der Waals surface area contributed by atoms with Gasteiger partial charge in [-0.3, -0.25) is 10.1 Å². The second-order valence-electron chi connectivity index (χ2n) is 4.72. The zero-order valence-electron chi connectivity index (χ0n) is 10.9. The Balaban J connectivity index is 2.15. The van der Waals surface area contributed by atoms with Gasteiger partial charge in [0.15, 0.2) is 0 Å². The van der Waals surface area contributed by atoms with Crippen LogP contribution >= 0.6 is 15.9 Å². The van der Waals surface area contributed by atoms with Gasteiger partial charge in [-0.05, 0) is 48.3 Å². The standard InChI is InChI=1S/C13H18BrN3O2/c1-2-16(9-10-4-3-7-15-10)13-6-5-11(17(18)19)8-12(13)14/h5-6,8,10,15H,2-4,7,9H2,1H3. The van der Waals surface area contributed by atoms with Gasteiger partial charge in [0.1, 0.15) is 0 Å². The Morgan fingerprint density at radius 3 is 2.89 bits per heavy atom. The predicted octanol–water partition coefficient (Wildman–Crippen LogP) is 2.94. The van der Waals surface area contributed by atoms with Crippen LogP contribution < -0.4 is 10.2 Å². The highest BCUT2D eigenvalue weighted by atomic mass is 79.9. The van der Waals surface area contributed by atoms with Crippen molar-refractivity contribution in [3.8, 4) is 0 Å². The number of halogens is 1. The number of anilines is 1. The Bertz CT molecular complexity index is 461. The first kappa shape index (κ1) is 14.3. The van der Waals surface area contributed by atoms with Crippen molar-refractivity contribution >= 4 is 27.3 Å². The van der Waals surface area contributed by atoms with Crippen molar-refractivity contribution in [3.63, 3.8) is 0 Å². The lowest BCUT2D eigenvalue weighted by Crippen LogP contribution is -2.37. The lowest BCUT2D eigenvalue weighted by Gasteiger charge is -2.27. The Morgan fingerprint density at radius 1 is 1.58 bits per heavy atom. The van der Waals surface area contributed by atoms with Gasteiger partial charge in [0.25, 0.3) is 5.69 Å². The first-order valence-corrected chi connectivity index (χ1v) is 7.33. The maximum atomic E-state index is 10.7. The number of nitro benzene ring substituents is 1. The average molecular weight is 328 g/mol. The number of non-ortho nitro benzene ring substituents is 1. The highest BCUT2D eigenvalue weighted by molar-refractivity contribution is 9.10. The molecule has 6 heteroatoms. The van der Waals surface area contributed by atoms with E-state index < -0.39 is 0 Å². The van der Waals surface area contributed by atoms with Gasteiger partial charge < -0.3 is 10.2 Å². The van der Waals surface area contributed by atoms with E-state index in [4.69, 9.17) is 0 Å². The highest BCUT2D eigenvalue weighted by Crippen LogP contribution is 2.30. The van der Waals surface area contributed by atoms with Crippen LogP contribution in [0.2, 0.25) is 0 Å². The molecule has 1 N–H and O–H groups in total. The molecule has 1 aromatic rings. The molecule has 0 bridgehead atoms. The van der Waals surface area contributed by atoms with Gasteiger partial charge in [0.2, 0.25) is 0 Å². The summed E-state index contributed by atoms with van der Waals surface area (Å²) in [5.41, 5.74) is 1.13. The molecule has 0 amide bonds. The van der Waals surface area contributed by atoms with Crippen LogP contribution in [-0.4, -0.2) is 30.6 Å². The molecule has 0 aliphatic carbocycles. The lowest BCUT2D eigenvalue weighted by molar-refractivity contribution is -0.384. The molecule has 1 aliphatic heterocycles. The van der Waals surface area contributed by atoms with Crippen LogP contribution in [0, 0.1) is 10.1 Å². The molecule has 1 saturated heterocycles. The molecule has 1 unspecified atom stereocenters. The van der Waals surface area contributed by atoms with Gasteiger partial charge in [-0.2, -0.15) is 0 Å². The number of nitro groups is 1. The number of hydrogen-bond donors (Lipinski definition) is 1. The molecular weight excluding hydrogens is 310 g/mol. The molecule has 0 saturated carbocycles. The van der Waals surface area contributed by atoms with Crippen molar-refractivity contribution in [2.24, 2.45) is 0 Å². The number of benzene rings is 1.